The Morgan fingerprint density at radius 3 is 2.79 bits per heavy atom. The van der Waals surface area contributed by atoms with E-state index >= 15 is 0 Å². The highest BCUT2D eigenvalue weighted by molar-refractivity contribution is 5.83. The molecule has 0 saturated heterocycles. The molecule has 5 heteroatoms. The fourth-order valence-corrected chi connectivity index (χ4v) is 6.99. The zero-order valence-electron chi connectivity index (χ0n) is 17.0. The van der Waals surface area contributed by atoms with Crippen molar-refractivity contribution in [2.24, 2.45) is 34.5 Å². The van der Waals surface area contributed by atoms with Gasteiger partial charge in [0.1, 0.15) is 12.4 Å². The van der Waals surface area contributed by atoms with Crippen molar-refractivity contribution in [1.82, 2.24) is 0 Å². The van der Waals surface area contributed by atoms with Crippen LogP contribution in [0.5, 0.6) is 0 Å². The smallest absolute Gasteiger partial charge is 0.194 e. The summed E-state index contributed by atoms with van der Waals surface area (Å²) in [5, 5.41) is 30.2. The maximum absolute atomic E-state index is 12.4. The topological polar surface area (TPSA) is 87.0 Å². The number of Topliss-reactive ketones (excluding diaryl/α,β-unsaturated/α-hetero) is 1. The summed E-state index contributed by atoms with van der Waals surface area (Å²) in [5.74, 6) is 1.20. The van der Waals surface area contributed by atoms with Gasteiger partial charge in [0.2, 0.25) is 0 Å². The van der Waals surface area contributed by atoms with Crippen molar-refractivity contribution >= 4 is 5.78 Å². The van der Waals surface area contributed by atoms with Gasteiger partial charge in [-0.05, 0) is 67.6 Å². The number of fused-ring (bicyclic) bond motifs is 5. The Kier molecular flexibility index (Phi) is 4.84. The van der Waals surface area contributed by atoms with Crippen molar-refractivity contribution in [3.05, 3.63) is 35.6 Å². The number of hydrogen-bond acceptors (Lipinski definition) is 5. The summed E-state index contributed by atoms with van der Waals surface area (Å²) in [6.07, 6.45) is 10.2. The van der Waals surface area contributed by atoms with E-state index in [4.69, 9.17) is 4.74 Å². The number of allylic oxidation sites excluding steroid dienone is 5. The maximum atomic E-state index is 12.4. The summed E-state index contributed by atoms with van der Waals surface area (Å²) in [4.78, 5) is 12.4. The highest BCUT2D eigenvalue weighted by atomic mass is 16.6. The van der Waals surface area contributed by atoms with E-state index in [0.29, 0.717) is 24.0 Å². The summed E-state index contributed by atoms with van der Waals surface area (Å²) in [7, 11) is 0. The molecule has 0 spiro atoms. The monoisotopic (exact) mass is 388 g/mol. The molecule has 0 aromatic carbocycles. The number of ether oxygens (including phenoxy) is 1. The molecule has 2 saturated carbocycles. The standard InChI is InChI=1S/C23H32O5/c1-13(25)28-15-8-9-22(2)14(10-15)4-5-16-17-6-7-18(20(27)12-24)23(17,3)11-19(26)21(16)22/h4,8-10,13,16-19,21,24-26H,5-7,11-12H2,1-3H3/t13?,16-,17-,18+,19-,21-,22-,23-/m0/s1. The van der Waals surface area contributed by atoms with Gasteiger partial charge in [-0.25, -0.2) is 0 Å². The van der Waals surface area contributed by atoms with Crippen LogP contribution in [0, 0.1) is 34.5 Å². The van der Waals surface area contributed by atoms with E-state index in [-0.39, 0.29) is 28.4 Å². The molecule has 8 atom stereocenters. The number of carbonyl (C=O) groups is 1. The van der Waals surface area contributed by atoms with Crippen LogP contribution in [-0.4, -0.2) is 40.1 Å². The minimum absolute atomic E-state index is 0.0747. The third-order valence-corrected chi connectivity index (χ3v) is 8.12. The molecule has 0 aromatic rings. The van der Waals surface area contributed by atoms with Gasteiger partial charge in [0.25, 0.3) is 0 Å². The number of carbonyl (C=O) groups excluding carboxylic acids is 1. The van der Waals surface area contributed by atoms with Crippen molar-refractivity contribution < 1.29 is 24.9 Å². The Bertz CT molecular complexity index is 750. The zero-order chi connectivity index (χ0) is 20.3. The summed E-state index contributed by atoms with van der Waals surface area (Å²) in [6.45, 7) is 5.51. The number of ketones is 1. The number of aliphatic hydroxyl groups is 3. The third-order valence-electron chi connectivity index (χ3n) is 8.12. The maximum Gasteiger partial charge on any atom is 0.194 e. The lowest BCUT2D eigenvalue weighted by Crippen LogP contribution is -2.55. The summed E-state index contributed by atoms with van der Waals surface area (Å²) < 4.78 is 5.45. The van der Waals surface area contributed by atoms with E-state index in [0.717, 1.165) is 24.8 Å². The van der Waals surface area contributed by atoms with Gasteiger partial charge in [-0.3, -0.25) is 4.79 Å². The van der Waals surface area contributed by atoms with Crippen molar-refractivity contribution in [1.29, 1.82) is 0 Å². The van der Waals surface area contributed by atoms with Gasteiger partial charge < -0.3 is 20.1 Å². The minimum atomic E-state index is -0.863. The minimum Gasteiger partial charge on any atom is -0.465 e. The van der Waals surface area contributed by atoms with Crippen LogP contribution in [0.1, 0.15) is 46.5 Å². The van der Waals surface area contributed by atoms with Gasteiger partial charge in [-0.2, -0.15) is 0 Å². The van der Waals surface area contributed by atoms with E-state index < -0.39 is 19.0 Å². The normalized spacial score (nSPS) is 45.3. The second kappa shape index (κ2) is 6.82. The molecule has 0 radical (unpaired) electrons. The average molecular weight is 389 g/mol. The predicted molar refractivity (Wildman–Crippen MR) is 105 cm³/mol. The second-order valence-corrected chi connectivity index (χ2v) is 9.60. The fraction of sp³-hybridized carbons (Fsp3) is 0.696. The lowest BCUT2D eigenvalue weighted by atomic mass is 9.48. The van der Waals surface area contributed by atoms with Crippen molar-refractivity contribution in [2.45, 2.75) is 58.8 Å². The van der Waals surface area contributed by atoms with Crippen LogP contribution in [0.2, 0.25) is 0 Å². The number of aliphatic hydroxyl groups excluding tert-OH is 3. The van der Waals surface area contributed by atoms with Crippen LogP contribution >= 0.6 is 0 Å². The number of hydrogen-bond donors (Lipinski definition) is 3. The van der Waals surface area contributed by atoms with Crippen molar-refractivity contribution in [3.63, 3.8) is 0 Å². The highest BCUT2D eigenvalue weighted by Crippen LogP contribution is 2.65. The molecule has 3 N–H and O–H groups in total. The molecule has 4 aliphatic rings. The Labute approximate surface area is 166 Å². The molecule has 5 nitrogen and oxygen atoms in total. The molecule has 4 rings (SSSR count). The van der Waals surface area contributed by atoms with E-state index in [1.54, 1.807) is 6.92 Å². The van der Waals surface area contributed by atoms with Gasteiger partial charge in [-0.1, -0.05) is 26.0 Å². The fourth-order valence-electron chi connectivity index (χ4n) is 6.99. The Morgan fingerprint density at radius 2 is 2.11 bits per heavy atom. The molecule has 0 bridgehead atoms. The molecule has 28 heavy (non-hydrogen) atoms. The highest BCUT2D eigenvalue weighted by Gasteiger charge is 2.61. The largest absolute Gasteiger partial charge is 0.465 e. The Morgan fingerprint density at radius 1 is 1.36 bits per heavy atom. The first-order valence-corrected chi connectivity index (χ1v) is 10.5. The first kappa shape index (κ1) is 19.9. The van der Waals surface area contributed by atoms with Crippen molar-refractivity contribution in [3.8, 4) is 0 Å². The van der Waals surface area contributed by atoms with Crippen LogP contribution in [-0.2, 0) is 9.53 Å². The third kappa shape index (κ3) is 2.82. The first-order valence-electron chi connectivity index (χ1n) is 10.5. The summed E-state index contributed by atoms with van der Waals surface area (Å²) in [6, 6.07) is 0. The van der Waals surface area contributed by atoms with E-state index in [9.17, 15) is 20.1 Å². The van der Waals surface area contributed by atoms with Crippen molar-refractivity contribution in [2.75, 3.05) is 6.61 Å². The molecule has 0 amide bonds. The molecule has 2 fully saturated rings. The van der Waals surface area contributed by atoms with Crippen LogP contribution in [0.25, 0.3) is 0 Å². The molecule has 1 unspecified atom stereocenters. The van der Waals surface area contributed by atoms with Gasteiger partial charge >= 0.3 is 0 Å². The zero-order valence-corrected chi connectivity index (χ0v) is 17.0. The van der Waals surface area contributed by atoms with Crippen LogP contribution in [0.15, 0.2) is 35.6 Å². The Hall–Kier alpha value is -1.43. The molecule has 4 aliphatic carbocycles. The van der Waals surface area contributed by atoms with Crippen LogP contribution in [0.3, 0.4) is 0 Å². The SMILES string of the molecule is CC(O)OC1=CC2=CC[C@@H]3[C@@H]([C@@H](O)C[C@]4(C)[C@@H](C(=O)CO)CC[C@@H]34)[C@@]2(C)C=C1. The molecule has 0 heterocycles. The molecule has 0 aromatic heterocycles. The second-order valence-electron chi connectivity index (χ2n) is 9.60. The average Bonchev–Trinajstić information content (AvgIpc) is 2.97. The van der Waals surface area contributed by atoms with Gasteiger partial charge in [0.05, 0.1) is 6.10 Å². The predicted octanol–water partition coefficient (Wildman–Crippen LogP) is 2.72. The molecular weight excluding hydrogens is 356 g/mol. The van der Waals surface area contributed by atoms with Crippen LogP contribution in [0.4, 0.5) is 0 Å². The van der Waals surface area contributed by atoms with Gasteiger partial charge in [-0.15, -0.1) is 0 Å². The van der Waals surface area contributed by atoms with Gasteiger partial charge in [0.15, 0.2) is 12.1 Å². The van der Waals surface area contributed by atoms with E-state index in [2.05, 4.69) is 26.0 Å². The number of rotatable bonds is 4. The lowest BCUT2D eigenvalue weighted by Gasteiger charge is -2.57. The van der Waals surface area contributed by atoms with Gasteiger partial charge in [0, 0.05) is 17.3 Å². The Balaban J connectivity index is 1.67. The quantitative estimate of drug-likeness (QED) is 0.645. The first-order chi connectivity index (χ1) is 13.2. The molecule has 0 aliphatic heterocycles. The van der Waals surface area contributed by atoms with E-state index in [1.165, 1.54) is 0 Å². The summed E-state index contributed by atoms with van der Waals surface area (Å²) >= 11 is 0. The molecular formula is C23H32O5. The van der Waals surface area contributed by atoms with E-state index in [1.807, 2.05) is 12.2 Å². The molecule has 154 valence electrons. The lowest BCUT2D eigenvalue weighted by molar-refractivity contribution is -0.139. The van der Waals surface area contributed by atoms with Crippen LogP contribution < -0.4 is 0 Å². The summed E-state index contributed by atoms with van der Waals surface area (Å²) in [5.41, 5.74) is 0.612.